The molecule has 25 heavy (non-hydrogen) atoms. The Morgan fingerprint density at radius 3 is 2.56 bits per heavy atom. The standard InChI is InChI=1S/C19H27N5O/c1-3-19(4-2,13-20)18(25)21-15-10-8-14(9-11-15)17-23-22-16-7-5-6-12-24(16)17/h8-11H,3-7,12-13,20H2,1-2H3,(H,21,25). The highest BCUT2D eigenvalue weighted by molar-refractivity contribution is 5.95. The van der Waals surface area contributed by atoms with Gasteiger partial charge in [-0.3, -0.25) is 4.79 Å². The summed E-state index contributed by atoms with van der Waals surface area (Å²) in [6, 6.07) is 7.82. The first-order valence-electron chi connectivity index (χ1n) is 9.17. The van der Waals surface area contributed by atoms with Crippen molar-refractivity contribution in [3.05, 3.63) is 30.1 Å². The van der Waals surface area contributed by atoms with Crippen molar-refractivity contribution in [3.63, 3.8) is 0 Å². The zero-order chi connectivity index (χ0) is 17.9. The number of aryl methyl sites for hydroxylation is 1. The van der Waals surface area contributed by atoms with Crippen LogP contribution in [-0.2, 0) is 17.8 Å². The van der Waals surface area contributed by atoms with Crippen molar-refractivity contribution in [2.24, 2.45) is 11.1 Å². The Morgan fingerprint density at radius 1 is 1.20 bits per heavy atom. The molecule has 1 aliphatic heterocycles. The second-order valence-electron chi connectivity index (χ2n) is 6.77. The van der Waals surface area contributed by atoms with Crippen molar-refractivity contribution in [1.29, 1.82) is 0 Å². The van der Waals surface area contributed by atoms with Gasteiger partial charge in [-0.1, -0.05) is 13.8 Å². The molecule has 2 heterocycles. The molecule has 1 amide bonds. The molecule has 0 bridgehead atoms. The van der Waals surface area contributed by atoms with E-state index in [4.69, 9.17) is 5.73 Å². The third kappa shape index (κ3) is 3.31. The Morgan fingerprint density at radius 2 is 1.92 bits per heavy atom. The Bertz CT molecular complexity index is 723. The Balaban J connectivity index is 1.77. The first-order chi connectivity index (χ1) is 12.1. The van der Waals surface area contributed by atoms with Crippen molar-refractivity contribution in [2.75, 3.05) is 11.9 Å². The van der Waals surface area contributed by atoms with Crippen LogP contribution in [0.3, 0.4) is 0 Å². The SMILES string of the molecule is CCC(CC)(CN)C(=O)Nc1ccc(-c2nnc3n2CCCC3)cc1. The smallest absolute Gasteiger partial charge is 0.231 e. The summed E-state index contributed by atoms with van der Waals surface area (Å²) < 4.78 is 2.20. The van der Waals surface area contributed by atoms with Gasteiger partial charge >= 0.3 is 0 Å². The predicted molar refractivity (Wildman–Crippen MR) is 99.1 cm³/mol. The molecular weight excluding hydrogens is 314 g/mol. The minimum atomic E-state index is -0.495. The second-order valence-corrected chi connectivity index (χ2v) is 6.77. The van der Waals surface area contributed by atoms with Gasteiger partial charge in [0.15, 0.2) is 5.82 Å². The number of nitrogens with one attached hydrogen (secondary N) is 1. The maximum atomic E-state index is 12.6. The minimum absolute atomic E-state index is 0.00685. The monoisotopic (exact) mass is 341 g/mol. The van der Waals surface area contributed by atoms with Crippen LogP contribution in [0.15, 0.2) is 24.3 Å². The first-order valence-corrected chi connectivity index (χ1v) is 9.17. The molecule has 6 nitrogen and oxygen atoms in total. The molecule has 1 aliphatic rings. The molecule has 0 fully saturated rings. The molecular formula is C19H27N5O. The van der Waals surface area contributed by atoms with E-state index in [0.717, 1.165) is 48.7 Å². The number of amides is 1. The summed E-state index contributed by atoms with van der Waals surface area (Å²) in [5, 5.41) is 11.7. The van der Waals surface area contributed by atoms with Gasteiger partial charge in [-0.25, -0.2) is 0 Å². The highest BCUT2D eigenvalue weighted by Crippen LogP contribution is 2.28. The van der Waals surface area contributed by atoms with E-state index in [9.17, 15) is 4.79 Å². The van der Waals surface area contributed by atoms with Gasteiger partial charge in [0.1, 0.15) is 5.82 Å². The van der Waals surface area contributed by atoms with E-state index < -0.39 is 5.41 Å². The van der Waals surface area contributed by atoms with Crippen molar-refractivity contribution < 1.29 is 4.79 Å². The first kappa shape index (κ1) is 17.6. The average molecular weight is 341 g/mol. The van der Waals surface area contributed by atoms with Gasteiger partial charge in [0.2, 0.25) is 5.91 Å². The van der Waals surface area contributed by atoms with Gasteiger partial charge in [-0.15, -0.1) is 10.2 Å². The summed E-state index contributed by atoms with van der Waals surface area (Å²) in [5.41, 5.74) is 7.17. The van der Waals surface area contributed by atoms with Crippen molar-refractivity contribution in [2.45, 2.75) is 52.5 Å². The molecule has 0 saturated heterocycles. The van der Waals surface area contributed by atoms with Crippen LogP contribution in [0, 0.1) is 5.41 Å². The van der Waals surface area contributed by atoms with E-state index in [1.807, 2.05) is 38.1 Å². The van der Waals surface area contributed by atoms with Crippen LogP contribution in [0.4, 0.5) is 5.69 Å². The fraction of sp³-hybridized carbons (Fsp3) is 0.526. The number of benzene rings is 1. The predicted octanol–water partition coefficient (Wildman–Crippen LogP) is 2.99. The van der Waals surface area contributed by atoms with Gasteiger partial charge < -0.3 is 15.6 Å². The highest BCUT2D eigenvalue weighted by atomic mass is 16.2. The normalized spacial score (nSPS) is 14.2. The Labute approximate surface area is 148 Å². The van der Waals surface area contributed by atoms with Crippen molar-refractivity contribution >= 4 is 11.6 Å². The molecule has 0 atom stereocenters. The molecule has 1 aromatic carbocycles. The fourth-order valence-electron chi connectivity index (χ4n) is 3.44. The summed E-state index contributed by atoms with van der Waals surface area (Å²) >= 11 is 0. The number of anilines is 1. The number of hydrogen-bond acceptors (Lipinski definition) is 4. The van der Waals surface area contributed by atoms with Gasteiger partial charge in [0, 0.05) is 30.8 Å². The lowest BCUT2D eigenvalue weighted by molar-refractivity contribution is -0.125. The second kappa shape index (κ2) is 7.35. The molecule has 0 aliphatic carbocycles. The average Bonchev–Trinajstić information content (AvgIpc) is 3.08. The third-order valence-corrected chi connectivity index (χ3v) is 5.49. The number of rotatable bonds is 6. The van der Waals surface area contributed by atoms with Crippen molar-refractivity contribution in [1.82, 2.24) is 14.8 Å². The van der Waals surface area contributed by atoms with E-state index in [1.54, 1.807) is 0 Å². The third-order valence-electron chi connectivity index (χ3n) is 5.49. The van der Waals surface area contributed by atoms with Crippen LogP contribution in [0.2, 0.25) is 0 Å². The molecule has 0 spiro atoms. The van der Waals surface area contributed by atoms with Gasteiger partial charge in [0.05, 0.1) is 5.41 Å². The van der Waals surface area contributed by atoms with Crippen molar-refractivity contribution in [3.8, 4) is 11.4 Å². The number of carbonyl (C=O) groups is 1. The van der Waals surface area contributed by atoms with E-state index in [1.165, 1.54) is 12.8 Å². The van der Waals surface area contributed by atoms with E-state index in [2.05, 4.69) is 20.1 Å². The summed E-state index contributed by atoms with van der Waals surface area (Å²) in [4.78, 5) is 12.6. The molecule has 2 aromatic rings. The number of aromatic nitrogens is 3. The zero-order valence-electron chi connectivity index (χ0n) is 15.1. The summed E-state index contributed by atoms with van der Waals surface area (Å²) in [6.45, 7) is 5.35. The Kier molecular flexibility index (Phi) is 5.18. The topological polar surface area (TPSA) is 85.8 Å². The minimum Gasteiger partial charge on any atom is -0.329 e. The van der Waals surface area contributed by atoms with Crippen LogP contribution in [0.1, 0.15) is 45.4 Å². The maximum Gasteiger partial charge on any atom is 0.231 e. The van der Waals surface area contributed by atoms with E-state index in [-0.39, 0.29) is 5.91 Å². The summed E-state index contributed by atoms with van der Waals surface area (Å²) in [5.74, 6) is 1.97. The molecule has 1 aromatic heterocycles. The molecule has 0 radical (unpaired) electrons. The summed E-state index contributed by atoms with van der Waals surface area (Å²) in [7, 11) is 0. The molecule has 0 unspecified atom stereocenters. The largest absolute Gasteiger partial charge is 0.329 e. The fourth-order valence-corrected chi connectivity index (χ4v) is 3.44. The number of nitrogens with zero attached hydrogens (tertiary/aromatic N) is 3. The van der Waals surface area contributed by atoms with Crippen LogP contribution in [0.5, 0.6) is 0 Å². The molecule has 3 rings (SSSR count). The quantitative estimate of drug-likeness (QED) is 0.846. The van der Waals surface area contributed by atoms with Gasteiger partial charge in [-0.05, 0) is 49.9 Å². The van der Waals surface area contributed by atoms with Crippen LogP contribution < -0.4 is 11.1 Å². The highest BCUT2D eigenvalue weighted by Gasteiger charge is 2.33. The maximum absolute atomic E-state index is 12.6. The van der Waals surface area contributed by atoms with Gasteiger partial charge in [-0.2, -0.15) is 0 Å². The van der Waals surface area contributed by atoms with Gasteiger partial charge in [0.25, 0.3) is 0 Å². The molecule has 0 saturated carbocycles. The summed E-state index contributed by atoms with van der Waals surface area (Å²) in [6.07, 6.45) is 4.81. The number of hydrogen-bond donors (Lipinski definition) is 2. The van der Waals surface area contributed by atoms with Crippen LogP contribution >= 0.6 is 0 Å². The van der Waals surface area contributed by atoms with Crippen LogP contribution in [0.25, 0.3) is 11.4 Å². The van der Waals surface area contributed by atoms with E-state index in [0.29, 0.717) is 6.54 Å². The molecule has 6 heteroatoms. The van der Waals surface area contributed by atoms with E-state index >= 15 is 0 Å². The molecule has 134 valence electrons. The number of fused-ring (bicyclic) bond motifs is 1. The molecule has 3 N–H and O–H groups in total. The Hall–Kier alpha value is -2.21. The number of nitrogens with two attached hydrogens (primary N) is 1. The zero-order valence-corrected chi connectivity index (χ0v) is 15.1. The lowest BCUT2D eigenvalue weighted by Gasteiger charge is -2.28. The lowest BCUT2D eigenvalue weighted by Crippen LogP contribution is -2.41. The number of carbonyl (C=O) groups excluding carboxylic acids is 1. The van der Waals surface area contributed by atoms with Crippen LogP contribution in [-0.4, -0.2) is 27.2 Å². The lowest BCUT2D eigenvalue weighted by atomic mass is 9.81.